The monoisotopic (exact) mass is 227 g/mol. The summed E-state index contributed by atoms with van der Waals surface area (Å²) in [5.41, 5.74) is 0. The van der Waals surface area contributed by atoms with E-state index in [-0.39, 0.29) is 11.2 Å². The number of nitrogens with zero attached hydrogens (tertiary/aromatic N) is 1. The lowest BCUT2D eigenvalue weighted by Crippen LogP contribution is -2.25. The maximum Gasteiger partial charge on any atom is 0.0668 e. The molecule has 1 aliphatic rings. The third-order valence-electron chi connectivity index (χ3n) is 3.16. The molecule has 0 heterocycles. The molecule has 0 aromatic rings. The minimum atomic E-state index is -0.770. The average molecular weight is 227 g/mol. The maximum atomic E-state index is 12.0. The second-order valence-corrected chi connectivity index (χ2v) is 6.13. The molecule has 3 heteroatoms. The van der Waals surface area contributed by atoms with Crippen molar-refractivity contribution in [2.75, 3.05) is 5.75 Å². The smallest absolute Gasteiger partial charge is 0.0668 e. The van der Waals surface area contributed by atoms with Crippen LogP contribution in [0.1, 0.15) is 51.9 Å². The molecule has 1 rings (SSSR count). The molecule has 3 atom stereocenters. The van der Waals surface area contributed by atoms with E-state index in [9.17, 15) is 4.21 Å². The van der Waals surface area contributed by atoms with Crippen molar-refractivity contribution in [3.8, 4) is 6.07 Å². The molecule has 0 saturated heterocycles. The zero-order chi connectivity index (χ0) is 11.1. The largest absolute Gasteiger partial charge is 0.259 e. The van der Waals surface area contributed by atoms with Gasteiger partial charge in [-0.3, -0.25) is 4.21 Å². The standard InChI is InChI=1S/C12H21NOS/c1-2-3-9-15(14)12-8-6-4-5-7-11(12)10-13/h11-12H,2-9H2,1H3. The summed E-state index contributed by atoms with van der Waals surface area (Å²) in [6.07, 6.45) is 7.57. The predicted octanol–water partition coefficient (Wildman–Crippen LogP) is 3.01. The van der Waals surface area contributed by atoms with Gasteiger partial charge in [0, 0.05) is 16.6 Å². The van der Waals surface area contributed by atoms with E-state index >= 15 is 0 Å². The van der Waals surface area contributed by atoms with Gasteiger partial charge >= 0.3 is 0 Å². The molecular formula is C12H21NOS. The molecule has 2 nitrogen and oxygen atoms in total. The van der Waals surface area contributed by atoms with Crippen molar-refractivity contribution < 1.29 is 4.21 Å². The van der Waals surface area contributed by atoms with Crippen LogP contribution in [-0.4, -0.2) is 15.2 Å². The van der Waals surface area contributed by atoms with E-state index in [1.165, 1.54) is 6.42 Å². The van der Waals surface area contributed by atoms with Crippen LogP contribution in [-0.2, 0) is 10.8 Å². The molecule has 0 bridgehead atoms. The van der Waals surface area contributed by atoms with Crippen molar-refractivity contribution in [3.05, 3.63) is 0 Å². The van der Waals surface area contributed by atoms with E-state index in [1.807, 2.05) is 0 Å². The van der Waals surface area contributed by atoms with Gasteiger partial charge in [0.2, 0.25) is 0 Å². The molecule has 1 aliphatic carbocycles. The molecule has 1 saturated carbocycles. The van der Waals surface area contributed by atoms with Crippen LogP contribution < -0.4 is 0 Å². The third kappa shape index (κ3) is 3.95. The summed E-state index contributed by atoms with van der Waals surface area (Å²) in [6, 6.07) is 2.36. The fourth-order valence-electron chi connectivity index (χ4n) is 2.17. The summed E-state index contributed by atoms with van der Waals surface area (Å²) in [5, 5.41) is 9.23. The van der Waals surface area contributed by atoms with Crippen molar-refractivity contribution in [2.45, 2.75) is 57.1 Å². The van der Waals surface area contributed by atoms with E-state index in [0.29, 0.717) is 0 Å². The Morgan fingerprint density at radius 2 is 2.07 bits per heavy atom. The molecule has 0 radical (unpaired) electrons. The maximum absolute atomic E-state index is 12.0. The van der Waals surface area contributed by atoms with Crippen LogP contribution in [0.25, 0.3) is 0 Å². The second kappa shape index (κ2) is 7.00. The summed E-state index contributed by atoms with van der Waals surface area (Å²) in [7, 11) is -0.770. The summed E-state index contributed by atoms with van der Waals surface area (Å²) >= 11 is 0. The minimum absolute atomic E-state index is 0.0465. The van der Waals surface area contributed by atoms with Gasteiger partial charge in [0.15, 0.2) is 0 Å². The van der Waals surface area contributed by atoms with E-state index in [4.69, 9.17) is 5.26 Å². The highest BCUT2D eigenvalue weighted by Gasteiger charge is 2.27. The van der Waals surface area contributed by atoms with Gasteiger partial charge in [-0.25, -0.2) is 0 Å². The van der Waals surface area contributed by atoms with Crippen molar-refractivity contribution in [2.24, 2.45) is 5.92 Å². The molecule has 0 aromatic carbocycles. The normalized spacial score (nSPS) is 29.1. The van der Waals surface area contributed by atoms with Crippen molar-refractivity contribution in [3.63, 3.8) is 0 Å². The molecule has 3 unspecified atom stereocenters. The lowest BCUT2D eigenvalue weighted by molar-refractivity contribution is 0.563. The Labute approximate surface area is 95.5 Å². The van der Waals surface area contributed by atoms with Crippen LogP contribution in [0, 0.1) is 17.2 Å². The highest BCUT2D eigenvalue weighted by Crippen LogP contribution is 2.27. The molecule has 0 spiro atoms. The van der Waals surface area contributed by atoms with Crippen molar-refractivity contribution in [1.29, 1.82) is 5.26 Å². The van der Waals surface area contributed by atoms with Gasteiger partial charge < -0.3 is 0 Å². The van der Waals surface area contributed by atoms with Crippen LogP contribution in [0.4, 0.5) is 0 Å². The second-order valence-electron chi connectivity index (χ2n) is 4.35. The quantitative estimate of drug-likeness (QED) is 0.693. The number of nitriles is 1. The zero-order valence-electron chi connectivity index (χ0n) is 9.58. The molecule has 0 amide bonds. The van der Waals surface area contributed by atoms with Crippen LogP contribution in [0.3, 0.4) is 0 Å². The van der Waals surface area contributed by atoms with Crippen LogP contribution in [0.2, 0.25) is 0 Å². The topological polar surface area (TPSA) is 40.9 Å². The summed E-state index contributed by atoms with van der Waals surface area (Å²) in [6.45, 7) is 2.12. The van der Waals surface area contributed by atoms with Gasteiger partial charge in [0.25, 0.3) is 0 Å². The van der Waals surface area contributed by atoms with E-state index in [2.05, 4.69) is 13.0 Å². The van der Waals surface area contributed by atoms with Gasteiger partial charge in [-0.2, -0.15) is 5.26 Å². The van der Waals surface area contributed by atoms with Gasteiger partial charge in [-0.05, 0) is 19.3 Å². The minimum Gasteiger partial charge on any atom is -0.259 e. The van der Waals surface area contributed by atoms with Crippen molar-refractivity contribution in [1.82, 2.24) is 0 Å². The molecular weight excluding hydrogens is 206 g/mol. The predicted molar refractivity (Wildman–Crippen MR) is 63.9 cm³/mol. The lowest BCUT2D eigenvalue weighted by atomic mass is 10.0. The molecule has 86 valence electrons. The summed E-state index contributed by atoms with van der Waals surface area (Å²) in [4.78, 5) is 0. The summed E-state index contributed by atoms with van der Waals surface area (Å²) < 4.78 is 12.0. The zero-order valence-corrected chi connectivity index (χ0v) is 10.4. The first-order valence-corrected chi connectivity index (χ1v) is 7.44. The number of hydrogen-bond acceptors (Lipinski definition) is 2. The fraction of sp³-hybridized carbons (Fsp3) is 0.917. The fourth-order valence-corrected chi connectivity index (χ4v) is 4.04. The molecule has 15 heavy (non-hydrogen) atoms. The first-order chi connectivity index (χ1) is 7.29. The molecule has 0 aromatic heterocycles. The Hall–Kier alpha value is -0.360. The molecule has 1 fully saturated rings. The van der Waals surface area contributed by atoms with Gasteiger partial charge in [-0.1, -0.05) is 32.6 Å². The van der Waals surface area contributed by atoms with Gasteiger partial charge in [-0.15, -0.1) is 0 Å². The Bertz CT molecular complexity index is 246. The SMILES string of the molecule is CCCCS(=O)C1CCCCCC1C#N. The average Bonchev–Trinajstić information content (AvgIpc) is 2.50. The highest BCUT2D eigenvalue weighted by molar-refractivity contribution is 7.85. The molecule has 0 N–H and O–H groups in total. The Kier molecular flexibility index (Phi) is 5.93. The number of hydrogen-bond donors (Lipinski definition) is 0. The number of unbranched alkanes of at least 4 members (excludes halogenated alkanes) is 1. The molecule has 0 aliphatic heterocycles. The highest BCUT2D eigenvalue weighted by atomic mass is 32.2. The van der Waals surface area contributed by atoms with Gasteiger partial charge in [0.1, 0.15) is 0 Å². The van der Waals surface area contributed by atoms with E-state index < -0.39 is 10.8 Å². The first-order valence-electron chi connectivity index (χ1n) is 6.06. The lowest BCUT2D eigenvalue weighted by Gasteiger charge is -2.18. The van der Waals surface area contributed by atoms with Crippen molar-refractivity contribution >= 4 is 10.8 Å². The Morgan fingerprint density at radius 1 is 1.33 bits per heavy atom. The van der Waals surface area contributed by atoms with Crippen LogP contribution in [0.5, 0.6) is 0 Å². The van der Waals surface area contributed by atoms with E-state index in [0.717, 1.165) is 44.3 Å². The van der Waals surface area contributed by atoms with Crippen LogP contribution >= 0.6 is 0 Å². The summed E-state index contributed by atoms with van der Waals surface area (Å²) in [5.74, 6) is 0.837. The number of rotatable bonds is 4. The third-order valence-corrected chi connectivity index (χ3v) is 5.09. The Balaban J connectivity index is 2.54. The Morgan fingerprint density at radius 3 is 2.73 bits per heavy atom. The first kappa shape index (κ1) is 12.7. The van der Waals surface area contributed by atoms with E-state index in [1.54, 1.807) is 0 Å². The van der Waals surface area contributed by atoms with Crippen LogP contribution in [0.15, 0.2) is 0 Å². The van der Waals surface area contributed by atoms with Gasteiger partial charge in [0.05, 0.1) is 17.2 Å².